The second-order valence-corrected chi connectivity index (χ2v) is 2.65. The summed E-state index contributed by atoms with van der Waals surface area (Å²) in [5.41, 5.74) is 3.26. The molecule has 0 saturated carbocycles. The summed E-state index contributed by atoms with van der Waals surface area (Å²) in [4.78, 5) is 10.7. The second kappa shape index (κ2) is 3.60. The van der Waals surface area contributed by atoms with Gasteiger partial charge >= 0.3 is 6.18 Å². The Morgan fingerprint density at radius 3 is 2.08 bits per heavy atom. The number of alkyl halides is 3. The molecule has 0 atom stereocenters. The standard InChI is InChI=1S/C7H10F3NO/c1-4(2)5(12)3-6(11)7(8,9)10/h3-4H,11H2,1-2H3/b6-3+. The lowest BCUT2D eigenvalue weighted by Gasteiger charge is -2.06. The number of hydrogen-bond donors (Lipinski definition) is 1. The minimum atomic E-state index is -4.61. The molecular formula is C7H10F3NO. The fourth-order valence-corrected chi connectivity index (χ4v) is 0.402. The number of nitrogens with two attached hydrogens (primary N) is 1. The van der Waals surface area contributed by atoms with Crippen molar-refractivity contribution in [2.45, 2.75) is 20.0 Å². The third kappa shape index (κ3) is 3.41. The molecule has 0 unspecified atom stereocenters. The predicted octanol–water partition coefficient (Wildman–Crippen LogP) is 1.62. The molecule has 5 heteroatoms. The lowest BCUT2D eigenvalue weighted by molar-refractivity contribution is -0.118. The van der Waals surface area contributed by atoms with Gasteiger partial charge in [-0.05, 0) is 0 Å². The van der Waals surface area contributed by atoms with Gasteiger partial charge in [0.05, 0.1) is 0 Å². The highest BCUT2D eigenvalue weighted by Gasteiger charge is 2.32. The smallest absolute Gasteiger partial charge is 0.395 e. The molecule has 2 N–H and O–H groups in total. The molecule has 2 nitrogen and oxygen atoms in total. The molecule has 12 heavy (non-hydrogen) atoms. The number of allylic oxidation sites excluding steroid dienone is 2. The molecule has 0 rings (SSSR count). The monoisotopic (exact) mass is 181 g/mol. The van der Waals surface area contributed by atoms with Crippen molar-refractivity contribution in [3.63, 3.8) is 0 Å². The number of halogens is 3. The summed E-state index contributed by atoms with van der Waals surface area (Å²) in [6.07, 6.45) is -4.19. The normalized spacial score (nSPS) is 13.7. The first kappa shape index (κ1) is 11.0. The average molecular weight is 181 g/mol. The van der Waals surface area contributed by atoms with Crippen LogP contribution in [0.15, 0.2) is 11.8 Å². The lowest BCUT2D eigenvalue weighted by Crippen LogP contribution is -2.21. The molecule has 0 radical (unpaired) electrons. The molecule has 0 fully saturated rings. The Labute approximate surface area is 68.2 Å². The summed E-state index contributed by atoms with van der Waals surface area (Å²) in [6.45, 7) is 3.00. The van der Waals surface area contributed by atoms with Crippen molar-refractivity contribution in [2.24, 2.45) is 11.7 Å². The summed E-state index contributed by atoms with van der Waals surface area (Å²) in [6, 6.07) is 0. The van der Waals surface area contributed by atoms with Gasteiger partial charge in [-0.3, -0.25) is 4.79 Å². The molecule has 0 aliphatic heterocycles. The van der Waals surface area contributed by atoms with Crippen molar-refractivity contribution in [2.75, 3.05) is 0 Å². The van der Waals surface area contributed by atoms with Gasteiger partial charge in [-0.15, -0.1) is 0 Å². The summed E-state index contributed by atoms with van der Waals surface area (Å²) < 4.78 is 35.2. The van der Waals surface area contributed by atoms with Crippen LogP contribution in [0.2, 0.25) is 0 Å². The predicted molar refractivity (Wildman–Crippen MR) is 38.2 cm³/mol. The highest BCUT2D eigenvalue weighted by Crippen LogP contribution is 2.21. The third-order valence-corrected chi connectivity index (χ3v) is 1.19. The molecule has 70 valence electrons. The Kier molecular flexibility index (Phi) is 3.30. The molecule has 0 aromatic rings. The SMILES string of the molecule is CC(C)C(=O)/C=C(/N)C(F)(F)F. The van der Waals surface area contributed by atoms with Gasteiger partial charge in [-0.25, -0.2) is 0 Å². The minimum Gasteiger partial charge on any atom is -0.395 e. The van der Waals surface area contributed by atoms with Gasteiger partial charge in [0, 0.05) is 12.0 Å². The molecule has 0 saturated heterocycles. The zero-order valence-corrected chi connectivity index (χ0v) is 6.77. The Bertz CT molecular complexity index is 205. The van der Waals surface area contributed by atoms with E-state index in [-0.39, 0.29) is 0 Å². The van der Waals surface area contributed by atoms with E-state index >= 15 is 0 Å². The van der Waals surface area contributed by atoms with Crippen molar-refractivity contribution in [3.8, 4) is 0 Å². The quantitative estimate of drug-likeness (QED) is 0.658. The highest BCUT2D eigenvalue weighted by molar-refractivity contribution is 5.91. The number of ketones is 1. The van der Waals surface area contributed by atoms with Gasteiger partial charge in [0.2, 0.25) is 0 Å². The first-order valence-corrected chi connectivity index (χ1v) is 3.33. The fraction of sp³-hybridized carbons (Fsp3) is 0.571. The van der Waals surface area contributed by atoms with Crippen molar-refractivity contribution in [3.05, 3.63) is 11.8 Å². The molecule has 0 aromatic carbocycles. The van der Waals surface area contributed by atoms with Crippen LogP contribution in [0, 0.1) is 5.92 Å². The van der Waals surface area contributed by atoms with Gasteiger partial charge in [-0.2, -0.15) is 13.2 Å². The van der Waals surface area contributed by atoms with Crippen LogP contribution < -0.4 is 5.73 Å². The maximum atomic E-state index is 11.7. The molecule has 0 spiro atoms. The largest absolute Gasteiger partial charge is 0.430 e. The van der Waals surface area contributed by atoms with E-state index < -0.39 is 23.6 Å². The highest BCUT2D eigenvalue weighted by atomic mass is 19.4. The van der Waals surface area contributed by atoms with Crippen molar-refractivity contribution in [1.29, 1.82) is 0 Å². The number of hydrogen-bond acceptors (Lipinski definition) is 2. The molecule has 0 bridgehead atoms. The van der Waals surface area contributed by atoms with Crippen LogP contribution in [0.25, 0.3) is 0 Å². The van der Waals surface area contributed by atoms with Crippen LogP contribution in [0.1, 0.15) is 13.8 Å². The lowest BCUT2D eigenvalue weighted by atomic mass is 10.1. The van der Waals surface area contributed by atoms with Gasteiger partial charge < -0.3 is 5.73 Å². The van der Waals surface area contributed by atoms with Crippen molar-refractivity contribution < 1.29 is 18.0 Å². The number of rotatable bonds is 2. The van der Waals surface area contributed by atoms with Gasteiger partial charge in [0.15, 0.2) is 5.78 Å². The van der Waals surface area contributed by atoms with E-state index in [1.54, 1.807) is 0 Å². The van der Waals surface area contributed by atoms with Crippen LogP contribution in [0.3, 0.4) is 0 Å². The summed E-state index contributed by atoms with van der Waals surface area (Å²) in [7, 11) is 0. The van der Waals surface area contributed by atoms with E-state index in [2.05, 4.69) is 5.73 Å². The average Bonchev–Trinajstić information content (AvgIpc) is 1.85. The van der Waals surface area contributed by atoms with Crippen LogP contribution in [-0.4, -0.2) is 12.0 Å². The Morgan fingerprint density at radius 2 is 1.83 bits per heavy atom. The molecular weight excluding hydrogens is 171 g/mol. The Hall–Kier alpha value is -1.00. The Morgan fingerprint density at radius 1 is 1.42 bits per heavy atom. The zero-order valence-electron chi connectivity index (χ0n) is 6.77. The molecule has 0 amide bonds. The molecule has 0 aliphatic rings. The van der Waals surface area contributed by atoms with E-state index in [1.165, 1.54) is 13.8 Å². The van der Waals surface area contributed by atoms with Crippen LogP contribution in [0.5, 0.6) is 0 Å². The number of carbonyl (C=O) groups excluding carboxylic acids is 1. The topological polar surface area (TPSA) is 43.1 Å². The van der Waals surface area contributed by atoms with Crippen LogP contribution >= 0.6 is 0 Å². The molecule has 0 heterocycles. The third-order valence-electron chi connectivity index (χ3n) is 1.19. The Balaban J connectivity index is 4.48. The zero-order chi connectivity index (χ0) is 9.94. The van der Waals surface area contributed by atoms with Crippen LogP contribution in [-0.2, 0) is 4.79 Å². The second-order valence-electron chi connectivity index (χ2n) is 2.65. The molecule has 0 aromatic heterocycles. The summed E-state index contributed by atoms with van der Waals surface area (Å²) in [5, 5.41) is 0. The van der Waals surface area contributed by atoms with Gasteiger partial charge in [-0.1, -0.05) is 13.8 Å². The van der Waals surface area contributed by atoms with E-state index in [1.807, 2.05) is 0 Å². The van der Waals surface area contributed by atoms with Crippen LogP contribution in [0.4, 0.5) is 13.2 Å². The maximum Gasteiger partial charge on any atom is 0.430 e. The first-order valence-electron chi connectivity index (χ1n) is 3.33. The van der Waals surface area contributed by atoms with E-state index in [0.717, 1.165) is 0 Å². The maximum absolute atomic E-state index is 11.7. The van der Waals surface area contributed by atoms with E-state index in [4.69, 9.17) is 0 Å². The number of carbonyl (C=O) groups is 1. The first-order chi connectivity index (χ1) is 5.25. The van der Waals surface area contributed by atoms with E-state index in [0.29, 0.717) is 6.08 Å². The van der Waals surface area contributed by atoms with Crippen molar-refractivity contribution in [1.82, 2.24) is 0 Å². The van der Waals surface area contributed by atoms with Gasteiger partial charge in [0.25, 0.3) is 0 Å². The summed E-state index contributed by atoms with van der Waals surface area (Å²) in [5.74, 6) is -1.09. The van der Waals surface area contributed by atoms with Gasteiger partial charge in [0.1, 0.15) is 5.70 Å². The molecule has 0 aliphatic carbocycles. The fourth-order valence-electron chi connectivity index (χ4n) is 0.402. The van der Waals surface area contributed by atoms with E-state index in [9.17, 15) is 18.0 Å². The minimum absolute atomic E-state index is 0.421. The van der Waals surface area contributed by atoms with Crippen molar-refractivity contribution >= 4 is 5.78 Å². The summed E-state index contributed by atoms with van der Waals surface area (Å²) >= 11 is 0.